The van der Waals surface area contributed by atoms with Crippen molar-refractivity contribution in [2.45, 2.75) is 6.92 Å². The van der Waals surface area contributed by atoms with Crippen LogP contribution in [0.2, 0.25) is 5.02 Å². The molecule has 0 N–H and O–H groups in total. The smallest absolute Gasteiger partial charge is 0.0455 e. The lowest BCUT2D eigenvalue weighted by atomic mass is 10.2. The number of piperazine rings is 1. The fourth-order valence-corrected chi connectivity index (χ4v) is 3.04. The van der Waals surface area contributed by atoms with Gasteiger partial charge in [-0.2, -0.15) is 0 Å². The van der Waals surface area contributed by atoms with E-state index in [0.717, 1.165) is 43.3 Å². The number of anilines is 1. The molecule has 3 rings (SSSR count). The van der Waals surface area contributed by atoms with Crippen LogP contribution in [0.5, 0.6) is 0 Å². The largest absolute Gasteiger partial charge is 0.369 e. The molecule has 0 aliphatic carbocycles. The SMILES string of the molecule is Cc1ccc(N2CCN(CC=Cc3ccccc3)CC2)cc1Cl. The molecule has 0 spiro atoms. The standard InChI is InChI=1S/C20H23ClN2/c1-17-9-10-19(16-20(17)21)23-14-12-22(13-15-23)11-5-8-18-6-3-2-4-7-18/h2-10,16H,11-15H2,1H3. The minimum atomic E-state index is 0.857. The molecule has 0 radical (unpaired) electrons. The molecule has 120 valence electrons. The molecule has 3 heteroatoms. The quantitative estimate of drug-likeness (QED) is 0.817. The zero-order chi connectivity index (χ0) is 16.1. The van der Waals surface area contributed by atoms with Crippen molar-refractivity contribution >= 4 is 23.4 Å². The number of hydrogen-bond acceptors (Lipinski definition) is 2. The van der Waals surface area contributed by atoms with Gasteiger partial charge in [0.15, 0.2) is 0 Å². The summed E-state index contributed by atoms with van der Waals surface area (Å²) in [7, 11) is 0. The third-order valence-electron chi connectivity index (χ3n) is 4.37. The van der Waals surface area contributed by atoms with E-state index in [1.165, 1.54) is 11.3 Å². The van der Waals surface area contributed by atoms with Gasteiger partial charge in [0.05, 0.1) is 0 Å². The van der Waals surface area contributed by atoms with E-state index in [9.17, 15) is 0 Å². The van der Waals surface area contributed by atoms with Crippen molar-refractivity contribution in [3.8, 4) is 0 Å². The minimum absolute atomic E-state index is 0.857. The summed E-state index contributed by atoms with van der Waals surface area (Å²) in [6, 6.07) is 16.8. The van der Waals surface area contributed by atoms with Crippen molar-refractivity contribution in [3.63, 3.8) is 0 Å². The second-order valence-corrected chi connectivity index (χ2v) is 6.44. The molecular formula is C20H23ClN2. The van der Waals surface area contributed by atoms with Crippen molar-refractivity contribution in [1.82, 2.24) is 4.90 Å². The maximum absolute atomic E-state index is 6.24. The van der Waals surface area contributed by atoms with Crippen molar-refractivity contribution in [2.24, 2.45) is 0 Å². The Morgan fingerprint density at radius 1 is 1.00 bits per heavy atom. The van der Waals surface area contributed by atoms with Crippen LogP contribution in [0.3, 0.4) is 0 Å². The second-order valence-electron chi connectivity index (χ2n) is 6.03. The Morgan fingerprint density at radius 3 is 2.43 bits per heavy atom. The molecule has 2 nitrogen and oxygen atoms in total. The van der Waals surface area contributed by atoms with E-state index < -0.39 is 0 Å². The van der Waals surface area contributed by atoms with Gasteiger partial charge in [0, 0.05) is 43.4 Å². The number of nitrogens with zero attached hydrogens (tertiary/aromatic N) is 2. The fraction of sp³-hybridized carbons (Fsp3) is 0.300. The van der Waals surface area contributed by atoms with Crippen LogP contribution >= 0.6 is 11.6 Å². The van der Waals surface area contributed by atoms with Crippen LogP contribution in [-0.2, 0) is 0 Å². The van der Waals surface area contributed by atoms with E-state index in [1.54, 1.807) is 0 Å². The van der Waals surface area contributed by atoms with Crippen LogP contribution in [-0.4, -0.2) is 37.6 Å². The molecule has 0 atom stereocenters. The fourth-order valence-electron chi connectivity index (χ4n) is 2.87. The van der Waals surface area contributed by atoms with Gasteiger partial charge in [0.2, 0.25) is 0 Å². The first kappa shape index (κ1) is 16.1. The molecule has 0 amide bonds. The molecule has 23 heavy (non-hydrogen) atoms. The van der Waals surface area contributed by atoms with Gasteiger partial charge in [-0.1, -0.05) is 60.2 Å². The maximum atomic E-state index is 6.24. The summed E-state index contributed by atoms with van der Waals surface area (Å²) in [5.74, 6) is 0. The third kappa shape index (κ3) is 4.37. The van der Waals surface area contributed by atoms with E-state index in [1.807, 2.05) is 13.0 Å². The van der Waals surface area contributed by atoms with E-state index >= 15 is 0 Å². The highest BCUT2D eigenvalue weighted by atomic mass is 35.5. The zero-order valence-corrected chi connectivity index (χ0v) is 14.3. The number of aryl methyl sites for hydroxylation is 1. The van der Waals surface area contributed by atoms with Gasteiger partial charge in [0.1, 0.15) is 0 Å². The molecule has 1 saturated heterocycles. The van der Waals surface area contributed by atoms with E-state index in [-0.39, 0.29) is 0 Å². The number of rotatable bonds is 4. The van der Waals surface area contributed by atoms with Crippen molar-refractivity contribution in [2.75, 3.05) is 37.6 Å². The first-order valence-corrected chi connectivity index (χ1v) is 8.55. The maximum Gasteiger partial charge on any atom is 0.0455 e. The Kier molecular flexibility index (Phi) is 5.37. The highest BCUT2D eigenvalue weighted by Gasteiger charge is 2.16. The zero-order valence-electron chi connectivity index (χ0n) is 13.6. The van der Waals surface area contributed by atoms with Crippen molar-refractivity contribution in [1.29, 1.82) is 0 Å². The lowest BCUT2D eigenvalue weighted by Crippen LogP contribution is -2.46. The summed E-state index contributed by atoms with van der Waals surface area (Å²) >= 11 is 6.24. The molecule has 1 aliphatic rings. The molecule has 2 aromatic rings. The molecule has 1 heterocycles. The van der Waals surface area contributed by atoms with Crippen LogP contribution in [0.4, 0.5) is 5.69 Å². The predicted molar refractivity (Wildman–Crippen MR) is 100 cm³/mol. The molecule has 2 aromatic carbocycles. The predicted octanol–water partition coefficient (Wildman–Crippen LogP) is 4.48. The number of hydrogen-bond donors (Lipinski definition) is 0. The Bertz CT molecular complexity index is 659. The average Bonchev–Trinajstić information content (AvgIpc) is 2.59. The van der Waals surface area contributed by atoms with Crippen LogP contribution < -0.4 is 4.90 Å². The summed E-state index contributed by atoms with van der Waals surface area (Å²) in [6.45, 7) is 7.34. The van der Waals surface area contributed by atoms with Gasteiger partial charge in [-0.25, -0.2) is 0 Å². The topological polar surface area (TPSA) is 6.48 Å². The Labute approximate surface area is 144 Å². The highest BCUT2D eigenvalue weighted by Crippen LogP contribution is 2.24. The van der Waals surface area contributed by atoms with Crippen molar-refractivity contribution in [3.05, 3.63) is 70.8 Å². The summed E-state index contributed by atoms with van der Waals surface area (Å²) < 4.78 is 0. The summed E-state index contributed by atoms with van der Waals surface area (Å²) in [5.41, 5.74) is 3.64. The molecule has 0 aromatic heterocycles. The monoisotopic (exact) mass is 326 g/mol. The molecule has 0 bridgehead atoms. The summed E-state index contributed by atoms with van der Waals surface area (Å²) in [6.07, 6.45) is 4.46. The van der Waals surface area contributed by atoms with Crippen LogP contribution in [0.15, 0.2) is 54.6 Å². The summed E-state index contributed by atoms with van der Waals surface area (Å²) in [4.78, 5) is 4.91. The van der Waals surface area contributed by atoms with Gasteiger partial charge < -0.3 is 4.90 Å². The van der Waals surface area contributed by atoms with E-state index in [2.05, 4.69) is 64.4 Å². The van der Waals surface area contributed by atoms with Gasteiger partial charge in [0.25, 0.3) is 0 Å². The molecule has 0 unspecified atom stereocenters. The number of halogens is 1. The van der Waals surface area contributed by atoms with Gasteiger partial charge in [-0.15, -0.1) is 0 Å². The first-order valence-electron chi connectivity index (χ1n) is 8.17. The molecule has 1 aliphatic heterocycles. The minimum Gasteiger partial charge on any atom is -0.369 e. The Hall–Kier alpha value is -1.77. The van der Waals surface area contributed by atoms with Crippen LogP contribution in [0, 0.1) is 6.92 Å². The lowest BCUT2D eigenvalue weighted by molar-refractivity contribution is 0.284. The van der Waals surface area contributed by atoms with E-state index in [0.29, 0.717) is 0 Å². The second kappa shape index (κ2) is 7.67. The van der Waals surface area contributed by atoms with Gasteiger partial charge in [-0.3, -0.25) is 4.90 Å². The molecule has 1 fully saturated rings. The van der Waals surface area contributed by atoms with Crippen molar-refractivity contribution < 1.29 is 0 Å². The van der Waals surface area contributed by atoms with Gasteiger partial charge >= 0.3 is 0 Å². The Balaban J connectivity index is 1.50. The van der Waals surface area contributed by atoms with Crippen LogP contribution in [0.25, 0.3) is 6.08 Å². The highest BCUT2D eigenvalue weighted by molar-refractivity contribution is 6.31. The normalized spacial score (nSPS) is 16.2. The third-order valence-corrected chi connectivity index (χ3v) is 4.77. The number of benzene rings is 2. The molecular weight excluding hydrogens is 304 g/mol. The molecule has 0 saturated carbocycles. The average molecular weight is 327 g/mol. The first-order chi connectivity index (χ1) is 11.2. The van der Waals surface area contributed by atoms with Gasteiger partial charge in [-0.05, 0) is 30.2 Å². The van der Waals surface area contributed by atoms with E-state index in [4.69, 9.17) is 11.6 Å². The lowest BCUT2D eigenvalue weighted by Gasteiger charge is -2.35. The van der Waals surface area contributed by atoms with Crippen LogP contribution in [0.1, 0.15) is 11.1 Å². The summed E-state index contributed by atoms with van der Waals surface area (Å²) in [5, 5.41) is 0.857. The Morgan fingerprint density at radius 2 is 1.74 bits per heavy atom.